The van der Waals surface area contributed by atoms with E-state index in [-0.39, 0.29) is 0 Å². The molecule has 0 nitrogen and oxygen atoms in total. The molecule has 2 aromatic carbocycles. The van der Waals surface area contributed by atoms with E-state index >= 15 is 0 Å². The van der Waals surface area contributed by atoms with Gasteiger partial charge in [0.25, 0.3) is 0 Å². The highest BCUT2D eigenvalue weighted by atomic mass is 13.9. The van der Waals surface area contributed by atoms with Crippen molar-refractivity contribution in [2.24, 2.45) is 5.92 Å². The van der Waals surface area contributed by atoms with Crippen molar-refractivity contribution in [2.75, 3.05) is 0 Å². The van der Waals surface area contributed by atoms with Crippen molar-refractivity contribution < 1.29 is 0 Å². The first-order chi connectivity index (χ1) is 13.0. The third-order valence-corrected chi connectivity index (χ3v) is 2.69. The van der Waals surface area contributed by atoms with Gasteiger partial charge in [-0.25, -0.2) is 0 Å². The zero-order chi connectivity index (χ0) is 21.9. The SMILES string of the molecule is CC.CC.CC(C)C.CCCC.CCc1ccccc1.Cc1ccccc1. The lowest BCUT2D eigenvalue weighted by molar-refractivity contribution is 0.737. The molecule has 0 radical (unpaired) electrons. The van der Waals surface area contributed by atoms with Crippen LogP contribution in [0.4, 0.5) is 0 Å². The van der Waals surface area contributed by atoms with Crippen LogP contribution in [0, 0.1) is 12.8 Å². The van der Waals surface area contributed by atoms with Crippen molar-refractivity contribution in [3.05, 3.63) is 71.8 Å². The van der Waals surface area contributed by atoms with Crippen LogP contribution >= 0.6 is 0 Å². The Labute approximate surface area is 173 Å². The van der Waals surface area contributed by atoms with Crippen molar-refractivity contribution >= 4 is 0 Å². The maximum Gasteiger partial charge on any atom is -0.0307 e. The number of unbranched alkanes of at least 4 members (excludes halogenated alkanes) is 1. The number of hydrogen-bond donors (Lipinski definition) is 0. The number of aryl methyl sites for hydroxylation is 2. The Hall–Kier alpha value is -1.56. The highest BCUT2D eigenvalue weighted by Gasteiger charge is 1.80. The second kappa shape index (κ2) is 32.1. The fourth-order valence-electron chi connectivity index (χ4n) is 1.25. The average Bonchev–Trinajstić information content (AvgIpc) is 2.72. The van der Waals surface area contributed by atoms with E-state index in [1.807, 2.05) is 52.0 Å². The van der Waals surface area contributed by atoms with Crippen LogP contribution in [0.15, 0.2) is 60.7 Å². The van der Waals surface area contributed by atoms with Gasteiger partial charge in [-0.2, -0.15) is 0 Å². The van der Waals surface area contributed by atoms with Crippen LogP contribution in [0.2, 0.25) is 0 Å². The summed E-state index contributed by atoms with van der Waals surface area (Å²) in [5, 5.41) is 0. The lowest BCUT2D eigenvalue weighted by Gasteiger charge is -1.89. The molecule has 0 fully saturated rings. The Bertz CT molecular complexity index is 410. The van der Waals surface area contributed by atoms with Gasteiger partial charge in [-0.3, -0.25) is 0 Å². The molecule has 0 aliphatic carbocycles. The largest absolute Gasteiger partial charge is 0.0683 e. The van der Waals surface area contributed by atoms with Crippen LogP contribution in [0.3, 0.4) is 0 Å². The molecule has 27 heavy (non-hydrogen) atoms. The number of hydrogen-bond acceptors (Lipinski definition) is 0. The van der Waals surface area contributed by atoms with Crippen LogP contribution in [0.1, 0.15) is 93.2 Å². The molecule has 0 aliphatic heterocycles. The molecule has 0 bridgehead atoms. The zero-order valence-electron chi connectivity index (χ0n) is 20.5. The van der Waals surface area contributed by atoms with E-state index in [1.54, 1.807) is 0 Å². The van der Waals surface area contributed by atoms with E-state index in [1.165, 1.54) is 24.0 Å². The number of benzene rings is 2. The first-order valence-corrected chi connectivity index (χ1v) is 11.0. The molecule has 0 N–H and O–H groups in total. The van der Waals surface area contributed by atoms with E-state index in [0.29, 0.717) is 0 Å². The van der Waals surface area contributed by atoms with Crippen molar-refractivity contribution in [1.82, 2.24) is 0 Å². The molecular weight excluding hydrogens is 324 g/mol. The van der Waals surface area contributed by atoms with E-state index < -0.39 is 0 Å². The Morgan fingerprint density at radius 3 is 1.04 bits per heavy atom. The van der Waals surface area contributed by atoms with E-state index in [0.717, 1.165) is 12.3 Å². The molecule has 0 amide bonds. The smallest absolute Gasteiger partial charge is 0.0307 e. The minimum Gasteiger partial charge on any atom is -0.0683 e. The van der Waals surface area contributed by atoms with Gasteiger partial charge < -0.3 is 0 Å². The second-order valence-corrected chi connectivity index (χ2v) is 6.23. The molecule has 0 aliphatic rings. The van der Waals surface area contributed by atoms with Gasteiger partial charge >= 0.3 is 0 Å². The summed E-state index contributed by atoms with van der Waals surface area (Å²) < 4.78 is 0. The summed E-state index contributed by atoms with van der Waals surface area (Å²) in [4.78, 5) is 0. The van der Waals surface area contributed by atoms with E-state index in [4.69, 9.17) is 0 Å². The van der Waals surface area contributed by atoms with E-state index in [9.17, 15) is 0 Å². The molecule has 158 valence electrons. The molecule has 2 aromatic rings. The van der Waals surface area contributed by atoms with Gasteiger partial charge in [-0.05, 0) is 24.8 Å². The third kappa shape index (κ3) is 40.5. The first-order valence-electron chi connectivity index (χ1n) is 11.0. The van der Waals surface area contributed by atoms with Gasteiger partial charge in [0.05, 0.1) is 0 Å². The standard InChI is InChI=1S/C8H10.C7H8.2C4H10.2C2H6/c1-2-8-6-4-3-5-7-8;1-7-5-3-2-4-6-7;1-4(2)3;1-3-4-2;2*1-2/h3-7H,2H2,1H3;2-6H,1H3;4H,1-3H3;3-4H2,1-2H3;2*1-2H3. The van der Waals surface area contributed by atoms with Gasteiger partial charge in [0.2, 0.25) is 0 Å². The quantitative estimate of drug-likeness (QED) is 0.490. The maximum absolute atomic E-state index is 2.18. The summed E-state index contributed by atoms with van der Waals surface area (Å²) in [5.74, 6) is 0.833. The Balaban J connectivity index is -0.000000128. The van der Waals surface area contributed by atoms with Gasteiger partial charge in [-0.15, -0.1) is 0 Å². The Kier molecular flexibility index (Phi) is 39.4. The highest BCUT2D eigenvalue weighted by Crippen LogP contribution is 1.96. The molecule has 2 rings (SSSR count). The fourth-order valence-corrected chi connectivity index (χ4v) is 1.25. The molecule has 0 heteroatoms. The summed E-state index contributed by atoms with van der Waals surface area (Å²) in [6.45, 7) is 23.1. The van der Waals surface area contributed by atoms with Gasteiger partial charge in [0, 0.05) is 0 Å². The Morgan fingerprint density at radius 1 is 0.593 bits per heavy atom. The van der Waals surface area contributed by atoms with E-state index in [2.05, 4.69) is 84.9 Å². The lowest BCUT2D eigenvalue weighted by atomic mass is 10.2. The molecule has 0 spiro atoms. The summed E-state index contributed by atoms with van der Waals surface area (Å²) >= 11 is 0. The summed E-state index contributed by atoms with van der Waals surface area (Å²) in [6.07, 6.45) is 3.78. The van der Waals surface area contributed by atoms with Gasteiger partial charge in [-0.1, -0.05) is 148 Å². The number of rotatable bonds is 2. The predicted octanol–water partition coefficient (Wildman–Crippen LogP) is 9.77. The summed E-state index contributed by atoms with van der Waals surface area (Å²) in [6, 6.07) is 20.7. The molecule has 0 atom stereocenters. The highest BCUT2D eigenvalue weighted by molar-refractivity contribution is 5.14. The van der Waals surface area contributed by atoms with Crippen LogP contribution in [0.5, 0.6) is 0 Å². The molecule has 0 unspecified atom stereocenters. The molecular formula is C27H50. The molecule has 0 heterocycles. The summed E-state index contributed by atoms with van der Waals surface area (Å²) in [5.41, 5.74) is 2.73. The maximum atomic E-state index is 2.18. The Morgan fingerprint density at radius 2 is 0.889 bits per heavy atom. The third-order valence-electron chi connectivity index (χ3n) is 2.69. The van der Waals surface area contributed by atoms with Crippen LogP contribution < -0.4 is 0 Å². The van der Waals surface area contributed by atoms with Crippen LogP contribution in [-0.2, 0) is 6.42 Å². The predicted molar refractivity (Wildman–Crippen MR) is 131 cm³/mol. The van der Waals surface area contributed by atoms with Crippen LogP contribution in [-0.4, -0.2) is 0 Å². The minimum atomic E-state index is 0.833. The van der Waals surface area contributed by atoms with Crippen molar-refractivity contribution in [1.29, 1.82) is 0 Å². The molecule has 0 saturated heterocycles. The first kappa shape index (κ1) is 33.1. The van der Waals surface area contributed by atoms with Crippen molar-refractivity contribution in [2.45, 2.75) is 95.4 Å². The van der Waals surface area contributed by atoms with Gasteiger partial charge in [0.15, 0.2) is 0 Å². The van der Waals surface area contributed by atoms with Crippen molar-refractivity contribution in [3.8, 4) is 0 Å². The molecule has 0 saturated carbocycles. The second-order valence-electron chi connectivity index (χ2n) is 6.23. The normalized spacial score (nSPS) is 7.85. The minimum absolute atomic E-state index is 0.833. The monoisotopic (exact) mass is 374 g/mol. The fraction of sp³-hybridized carbons (Fsp3) is 0.556. The molecule has 0 aromatic heterocycles. The average molecular weight is 375 g/mol. The van der Waals surface area contributed by atoms with Gasteiger partial charge in [0.1, 0.15) is 0 Å². The lowest BCUT2D eigenvalue weighted by Crippen LogP contribution is -1.73. The zero-order valence-corrected chi connectivity index (χ0v) is 20.5. The van der Waals surface area contributed by atoms with Crippen LogP contribution in [0.25, 0.3) is 0 Å². The van der Waals surface area contributed by atoms with Crippen molar-refractivity contribution in [3.63, 3.8) is 0 Å². The summed E-state index contributed by atoms with van der Waals surface area (Å²) in [7, 11) is 0. The topological polar surface area (TPSA) is 0 Å².